The van der Waals surface area contributed by atoms with Gasteiger partial charge < -0.3 is 10.1 Å². The maximum Gasteiger partial charge on any atom is 0.319 e. The zero-order valence-electron chi connectivity index (χ0n) is 14.7. The van der Waals surface area contributed by atoms with Gasteiger partial charge in [-0.25, -0.2) is 13.2 Å². The summed E-state index contributed by atoms with van der Waals surface area (Å²) >= 11 is 0.893. The van der Waals surface area contributed by atoms with Crippen molar-refractivity contribution in [2.24, 2.45) is 0 Å². The number of halogens is 3. The Morgan fingerprint density at radius 2 is 1.89 bits per heavy atom. The number of methoxy groups -OCH3 is 1. The van der Waals surface area contributed by atoms with Gasteiger partial charge in [0, 0.05) is 16.5 Å². The monoisotopic (exact) mass is 397 g/mol. The van der Waals surface area contributed by atoms with Gasteiger partial charge in [-0.15, -0.1) is 11.8 Å². The molecule has 0 heterocycles. The lowest BCUT2D eigenvalue weighted by Gasteiger charge is -2.15. The van der Waals surface area contributed by atoms with Crippen molar-refractivity contribution in [2.45, 2.75) is 29.9 Å². The van der Waals surface area contributed by atoms with Crippen LogP contribution < -0.4 is 5.32 Å². The molecule has 0 fully saturated rings. The summed E-state index contributed by atoms with van der Waals surface area (Å²) in [5.41, 5.74) is -0.278. The second-order valence-electron chi connectivity index (χ2n) is 5.65. The van der Waals surface area contributed by atoms with Gasteiger partial charge in [-0.3, -0.25) is 9.59 Å². The smallest absolute Gasteiger partial charge is 0.319 e. The highest BCUT2D eigenvalue weighted by Gasteiger charge is 2.23. The summed E-state index contributed by atoms with van der Waals surface area (Å²) in [5, 5.41) is 1.63. The summed E-state index contributed by atoms with van der Waals surface area (Å²) < 4.78 is 46.1. The number of benzene rings is 2. The quantitative estimate of drug-likeness (QED) is 0.539. The predicted octanol–water partition coefficient (Wildman–Crippen LogP) is 4.79. The molecule has 1 N–H and O–H groups in total. The van der Waals surface area contributed by atoms with Crippen molar-refractivity contribution in [2.75, 3.05) is 12.4 Å². The van der Waals surface area contributed by atoms with Crippen LogP contribution in [0.5, 0.6) is 0 Å². The molecule has 0 aliphatic heterocycles. The molecule has 8 heteroatoms. The van der Waals surface area contributed by atoms with Crippen molar-refractivity contribution < 1.29 is 27.5 Å². The van der Waals surface area contributed by atoms with E-state index in [1.54, 1.807) is 0 Å². The number of anilines is 1. The summed E-state index contributed by atoms with van der Waals surface area (Å²) in [4.78, 5) is 24.0. The number of ether oxygens (including phenoxy) is 1. The van der Waals surface area contributed by atoms with Crippen molar-refractivity contribution in [3.05, 3.63) is 59.4 Å². The lowest BCUT2D eigenvalue weighted by molar-refractivity contribution is -0.140. The molecular formula is C19H18F3NO3S. The first kappa shape index (κ1) is 20.8. The van der Waals surface area contributed by atoms with E-state index in [4.69, 9.17) is 4.74 Å². The van der Waals surface area contributed by atoms with Gasteiger partial charge in [-0.1, -0.05) is 19.4 Å². The van der Waals surface area contributed by atoms with Gasteiger partial charge in [-0.05, 0) is 30.7 Å². The summed E-state index contributed by atoms with van der Waals surface area (Å²) in [6.07, 6.45) is 1.11. The molecule has 0 bridgehead atoms. The fourth-order valence-electron chi connectivity index (χ4n) is 2.31. The molecule has 0 saturated heterocycles. The van der Waals surface area contributed by atoms with Crippen LogP contribution in [0.25, 0.3) is 0 Å². The number of amides is 1. The van der Waals surface area contributed by atoms with Crippen LogP contribution in [0.1, 0.15) is 30.1 Å². The average molecular weight is 397 g/mol. The van der Waals surface area contributed by atoms with Crippen molar-refractivity contribution >= 4 is 29.3 Å². The molecule has 1 amide bonds. The van der Waals surface area contributed by atoms with Crippen LogP contribution in [0.15, 0.2) is 41.3 Å². The van der Waals surface area contributed by atoms with Crippen LogP contribution in [0.3, 0.4) is 0 Å². The van der Waals surface area contributed by atoms with Crippen LogP contribution in [0.4, 0.5) is 18.9 Å². The van der Waals surface area contributed by atoms with Crippen LogP contribution in [0, 0.1) is 17.5 Å². The second kappa shape index (κ2) is 9.45. The molecule has 27 heavy (non-hydrogen) atoms. The van der Waals surface area contributed by atoms with Gasteiger partial charge in [-0.2, -0.15) is 0 Å². The number of thioether (sulfide) groups is 1. The highest BCUT2D eigenvalue weighted by molar-refractivity contribution is 8.00. The van der Waals surface area contributed by atoms with E-state index in [0.29, 0.717) is 18.9 Å². The van der Waals surface area contributed by atoms with Crippen molar-refractivity contribution in [1.82, 2.24) is 0 Å². The molecule has 4 nitrogen and oxygen atoms in total. The molecule has 2 aromatic carbocycles. The number of esters is 1. The number of carbonyl (C=O) groups excluding carboxylic acids is 2. The first-order chi connectivity index (χ1) is 12.8. The van der Waals surface area contributed by atoms with E-state index >= 15 is 0 Å². The SMILES string of the molecule is CCCC(Sc1cc(NC(=O)c2cccc(F)c2)c(F)cc1F)C(=O)OC. The summed E-state index contributed by atoms with van der Waals surface area (Å²) in [6, 6.07) is 6.62. The molecule has 0 spiro atoms. The summed E-state index contributed by atoms with van der Waals surface area (Å²) in [6.45, 7) is 1.86. The summed E-state index contributed by atoms with van der Waals surface area (Å²) in [5.74, 6) is -3.71. The Kier molecular flexibility index (Phi) is 7.29. The maximum absolute atomic E-state index is 14.1. The first-order valence-electron chi connectivity index (χ1n) is 8.16. The molecule has 2 aromatic rings. The fraction of sp³-hybridized carbons (Fsp3) is 0.263. The minimum absolute atomic E-state index is 0.00482. The fourth-order valence-corrected chi connectivity index (χ4v) is 3.52. The van der Waals surface area contributed by atoms with Crippen LogP contribution in [-0.4, -0.2) is 24.2 Å². The standard InChI is InChI=1S/C19H18F3NO3S/c1-3-5-16(19(25)26-2)27-17-10-15(13(21)9-14(17)22)23-18(24)11-6-4-7-12(20)8-11/h4,6-10,16H,3,5H2,1-2H3,(H,23,24). The predicted molar refractivity (Wildman–Crippen MR) is 97.3 cm³/mol. The Labute approximate surface area is 159 Å². The molecular weight excluding hydrogens is 379 g/mol. The largest absolute Gasteiger partial charge is 0.468 e. The molecule has 2 rings (SSSR count). The third-order valence-corrected chi connectivity index (χ3v) is 4.92. The van der Waals surface area contributed by atoms with E-state index in [2.05, 4.69) is 5.32 Å². The van der Waals surface area contributed by atoms with Crippen LogP contribution >= 0.6 is 11.8 Å². The zero-order chi connectivity index (χ0) is 20.0. The second-order valence-corrected chi connectivity index (χ2v) is 6.89. The van der Waals surface area contributed by atoms with Gasteiger partial charge in [0.05, 0.1) is 12.8 Å². The minimum atomic E-state index is -0.980. The number of nitrogens with one attached hydrogen (secondary N) is 1. The molecule has 1 atom stereocenters. The van der Waals surface area contributed by atoms with E-state index < -0.39 is 34.6 Å². The molecule has 0 aliphatic carbocycles. The lowest BCUT2D eigenvalue weighted by Crippen LogP contribution is -2.19. The topological polar surface area (TPSA) is 55.4 Å². The molecule has 0 aromatic heterocycles. The third kappa shape index (κ3) is 5.50. The minimum Gasteiger partial charge on any atom is -0.468 e. The van der Waals surface area contributed by atoms with Crippen LogP contribution in [-0.2, 0) is 9.53 Å². The number of hydrogen-bond donors (Lipinski definition) is 1. The van der Waals surface area contributed by atoms with Gasteiger partial charge in [0.25, 0.3) is 5.91 Å². The van der Waals surface area contributed by atoms with Gasteiger partial charge in [0.1, 0.15) is 22.7 Å². The van der Waals surface area contributed by atoms with Gasteiger partial charge in [0.15, 0.2) is 0 Å². The van der Waals surface area contributed by atoms with Crippen molar-refractivity contribution in [3.63, 3.8) is 0 Å². The molecule has 144 valence electrons. The highest BCUT2D eigenvalue weighted by Crippen LogP contribution is 2.33. The van der Waals surface area contributed by atoms with Gasteiger partial charge >= 0.3 is 5.97 Å². The van der Waals surface area contributed by atoms with Crippen molar-refractivity contribution in [1.29, 1.82) is 0 Å². The number of hydrogen-bond acceptors (Lipinski definition) is 4. The molecule has 0 saturated carbocycles. The van der Waals surface area contributed by atoms with Crippen LogP contribution in [0.2, 0.25) is 0 Å². The van der Waals surface area contributed by atoms with E-state index in [-0.39, 0.29) is 16.1 Å². The lowest BCUT2D eigenvalue weighted by atomic mass is 10.2. The zero-order valence-corrected chi connectivity index (χ0v) is 15.5. The molecule has 1 unspecified atom stereocenters. The first-order valence-corrected chi connectivity index (χ1v) is 9.04. The van der Waals surface area contributed by atoms with Crippen molar-refractivity contribution in [3.8, 4) is 0 Å². The molecule has 0 radical (unpaired) electrons. The third-order valence-electron chi connectivity index (χ3n) is 3.64. The Morgan fingerprint density at radius 1 is 1.15 bits per heavy atom. The Balaban J connectivity index is 2.26. The van der Waals surface area contributed by atoms with E-state index in [9.17, 15) is 22.8 Å². The average Bonchev–Trinajstić information content (AvgIpc) is 2.64. The number of carbonyl (C=O) groups is 2. The molecule has 0 aliphatic rings. The Morgan fingerprint density at radius 3 is 2.52 bits per heavy atom. The number of rotatable bonds is 7. The van der Waals surface area contributed by atoms with Gasteiger partial charge in [0.2, 0.25) is 0 Å². The maximum atomic E-state index is 14.1. The van der Waals surface area contributed by atoms with E-state index in [0.717, 1.165) is 23.9 Å². The normalized spacial score (nSPS) is 11.7. The highest BCUT2D eigenvalue weighted by atomic mass is 32.2. The Bertz CT molecular complexity index is 845. The van der Waals surface area contributed by atoms with E-state index in [1.165, 1.54) is 25.3 Å². The van der Waals surface area contributed by atoms with E-state index in [1.807, 2.05) is 6.92 Å². The summed E-state index contributed by atoms with van der Waals surface area (Å²) in [7, 11) is 1.23. The Hall–Kier alpha value is -2.48.